The normalized spacial score (nSPS) is 43.4. The summed E-state index contributed by atoms with van der Waals surface area (Å²) in [5.41, 5.74) is 5.70. The predicted molar refractivity (Wildman–Crippen MR) is 37.2 cm³/mol. The summed E-state index contributed by atoms with van der Waals surface area (Å²) in [7, 11) is 0. The number of carbonyl (C=O) groups is 1. The monoisotopic (exact) mass is 140 g/mol. The smallest absolute Gasteiger partial charge is 0.219 e. The van der Waals surface area contributed by atoms with Crippen LogP contribution in [0.15, 0.2) is 0 Å². The van der Waals surface area contributed by atoms with Gasteiger partial charge in [0.05, 0.1) is 0 Å². The Morgan fingerprint density at radius 2 is 2.00 bits per heavy atom. The molecule has 10 heavy (non-hydrogen) atoms. The molecule has 0 spiro atoms. The van der Waals surface area contributed by atoms with Gasteiger partial charge in [-0.05, 0) is 11.8 Å². The van der Waals surface area contributed by atoms with Crippen LogP contribution in [0.5, 0.6) is 0 Å². The summed E-state index contributed by atoms with van der Waals surface area (Å²) >= 11 is 0. The molecule has 56 valence electrons. The average Bonchev–Trinajstić information content (AvgIpc) is 2.38. The van der Waals surface area contributed by atoms with Gasteiger partial charge in [-0.2, -0.15) is 0 Å². The number of hydrogen-bond donors (Lipinski definition) is 1. The van der Waals surface area contributed by atoms with Gasteiger partial charge in [-0.3, -0.25) is 4.79 Å². The molecule has 1 heterocycles. The molecule has 0 aromatic rings. The fourth-order valence-corrected chi connectivity index (χ4v) is 1.83. The predicted octanol–water partition coefficient (Wildman–Crippen LogP) is -0.578. The molecule has 2 fully saturated rings. The Hall–Kier alpha value is -0.570. The lowest BCUT2D eigenvalue weighted by molar-refractivity contribution is -0.128. The molecule has 1 saturated carbocycles. The SMILES string of the molecule is CC(=O)N1C[C@@H]2[C@@H](N)[C@@H]2C1. The maximum atomic E-state index is 10.8. The van der Waals surface area contributed by atoms with Crippen molar-refractivity contribution in [3.05, 3.63) is 0 Å². The third kappa shape index (κ3) is 0.669. The molecule has 0 aromatic heterocycles. The minimum atomic E-state index is 0.194. The summed E-state index contributed by atoms with van der Waals surface area (Å²) < 4.78 is 0. The van der Waals surface area contributed by atoms with Gasteiger partial charge in [-0.1, -0.05) is 0 Å². The highest BCUT2D eigenvalue weighted by atomic mass is 16.2. The quantitative estimate of drug-likeness (QED) is 0.489. The van der Waals surface area contributed by atoms with Crippen LogP contribution >= 0.6 is 0 Å². The second-order valence-electron chi connectivity index (χ2n) is 3.33. The molecular formula is C7H12N2O. The van der Waals surface area contributed by atoms with E-state index in [0.29, 0.717) is 17.9 Å². The molecule has 2 N–H and O–H groups in total. The molecule has 2 rings (SSSR count). The van der Waals surface area contributed by atoms with Crippen molar-refractivity contribution in [1.29, 1.82) is 0 Å². The van der Waals surface area contributed by atoms with E-state index in [1.165, 1.54) is 0 Å². The van der Waals surface area contributed by atoms with Crippen LogP contribution in [0.1, 0.15) is 6.92 Å². The maximum absolute atomic E-state index is 10.8. The lowest BCUT2D eigenvalue weighted by Crippen LogP contribution is -2.31. The van der Waals surface area contributed by atoms with Gasteiger partial charge in [-0.15, -0.1) is 0 Å². The number of nitrogens with two attached hydrogens (primary N) is 1. The molecule has 0 unspecified atom stereocenters. The molecule has 0 aromatic carbocycles. The molecule has 2 aliphatic rings. The van der Waals surface area contributed by atoms with Crippen molar-refractivity contribution < 1.29 is 4.79 Å². The van der Waals surface area contributed by atoms with E-state index in [4.69, 9.17) is 5.73 Å². The van der Waals surface area contributed by atoms with E-state index in [9.17, 15) is 4.79 Å². The highest BCUT2D eigenvalue weighted by molar-refractivity contribution is 5.73. The second kappa shape index (κ2) is 1.72. The second-order valence-corrected chi connectivity index (χ2v) is 3.33. The van der Waals surface area contributed by atoms with E-state index in [-0.39, 0.29) is 5.91 Å². The molecule has 1 saturated heterocycles. The Bertz CT molecular complexity index is 168. The van der Waals surface area contributed by atoms with Crippen molar-refractivity contribution >= 4 is 5.91 Å². The molecular weight excluding hydrogens is 128 g/mol. The van der Waals surface area contributed by atoms with Gasteiger partial charge < -0.3 is 10.6 Å². The van der Waals surface area contributed by atoms with Crippen LogP contribution in [0, 0.1) is 11.8 Å². The number of nitrogens with zero attached hydrogens (tertiary/aromatic N) is 1. The van der Waals surface area contributed by atoms with Crippen molar-refractivity contribution in [3.63, 3.8) is 0 Å². The zero-order chi connectivity index (χ0) is 7.30. The first-order valence-corrected chi connectivity index (χ1v) is 3.71. The van der Waals surface area contributed by atoms with Gasteiger partial charge in [0.1, 0.15) is 0 Å². The van der Waals surface area contributed by atoms with Gasteiger partial charge in [-0.25, -0.2) is 0 Å². The Labute approximate surface area is 60.2 Å². The average molecular weight is 140 g/mol. The van der Waals surface area contributed by atoms with E-state index in [1.807, 2.05) is 4.90 Å². The van der Waals surface area contributed by atoms with Crippen LogP contribution in [0.4, 0.5) is 0 Å². The lowest BCUT2D eigenvalue weighted by atomic mass is 10.4. The van der Waals surface area contributed by atoms with E-state index in [2.05, 4.69) is 0 Å². The number of hydrogen-bond acceptors (Lipinski definition) is 2. The van der Waals surface area contributed by atoms with E-state index in [1.54, 1.807) is 6.92 Å². The molecule has 0 radical (unpaired) electrons. The van der Waals surface area contributed by atoms with Crippen LogP contribution in [0.3, 0.4) is 0 Å². The fourth-order valence-electron chi connectivity index (χ4n) is 1.83. The minimum absolute atomic E-state index is 0.194. The van der Waals surface area contributed by atoms with Crippen molar-refractivity contribution in [2.45, 2.75) is 13.0 Å². The van der Waals surface area contributed by atoms with Crippen LogP contribution in [-0.2, 0) is 4.79 Å². The van der Waals surface area contributed by atoms with Crippen molar-refractivity contribution in [2.75, 3.05) is 13.1 Å². The van der Waals surface area contributed by atoms with Crippen LogP contribution in [0.2, 0.25) is 0 Å². The highest BCUT2D eigenvalue weighted by Gasteiger charge is 2.54. The molecule has 1 aliphatic carbocycles. The van der Waals surface area contributed by atoms with Crippen molar-refractivity contribution in [3.8, 4) is 0 Å². The maximum Gasteiger partial charge on any atom is 0.219 e. The molecule has 3 atom stereocenters. The topological polar surface area (TPSA) is 46.3 Å². The van der Waals surface area contributed by atoms with Gasteiger partial charge in [0.2, 0.25) is 5.91 Å². The molecule has 0 bridgehead atoms. The first-order chi connectivity index (χ1) is 4.70. The number of likely N-dealkylation sites (tertiary alicyclic amines) is 1. The molecule has 3 heteroatoms. The standard InChI is InChI=1S/C7H12N2O/c1-4(10)9-2-5-6(3-9)7(5)8/h5-7H,2-3,8H2,1H3/t5-,6+,7+. The Kier molecular flexibility index (Phi) is 1.06. The lowest BCUT2D eigenvalue weighted by Gasteiger charge is -2.15. The highest BCUT2D eigenvalue weighted by Crippen LogP contribution is 2.43. The first-order valence-electron chi connectivity index (χ1n) is 3.71. The van der Waals surface area contributed by atoms with E-state index < -0.39 is 0 Å². The van der Waals surface area contributed by atoms with Crippen LogP contribution in [0.25, 0.3) is 0 Å². The summed E-state index contributed by atoms with van der Waals surface area (Å²) in [6.45, 7) is 3.43. The van der Waals surface area contributed by atoms with Gasteiger partial charge in [0.25, 0.3) is 0 Å². The Morgan fingerprint density at radius 1 is 1.50 bits per heavy atom. The fraction of sp³-hybridized carbons (Fsp3) is 0.857. The Morgan fingerprint density at radius 3 is 2.40 bits per heavy atom. The summed E-state index contributed by atoms with van der Waals surface area (Å²) in [5, 5.41) is 0. The van der Waals surface area contributed by atoms with Gasteiger partial charge >= 0.3 is 0 Å². The summed E-state index contributed by atoms with van der Waals surface area (Å²) in [6.07, 6.45) is 0. The van der Waals surface area contributed by atoms with E-state index >= 15 is 0 Å². The number of rotatable bonds is 0. The summed E-state index contributed by atoms with van der Waals surface area (Å²) in [4.78, 5) is 12.7. The number of amides is 1. The third-order valence-corrected chi connectivity index (χ3v) is 2.71. The van der Waals surface area contributed by atoms with Crippen molar-refractivity contribution in [2.24, 2.45) is 17.6 Å². The van der Waals surface area contributed by atoms with Gasteiger partial charge in [0.15, 0.2) is 0 Å². The summed E-state index contributed by atoms with van der Waals surface area (Å²) in [6, 6.07) is 0.399. The first kappa shape index (κ1) is 6.16. The Balaban J connectivity index is 1.95. The third-order valence-electron chi connectivity index (χ3n) is 2.71. The van der Waals surface area contributed by atoms with E-state index in [0.717, 1.165) is 13.1 Å². The van der Waals surface area contributed by atoms with Crippen molar-refractivity contribution in [1.82, 2.24) is 4.90 Å². The largest absolute Gasteiger partial charge is 0.342 e. The van der Waals surface area contributed by atoms with Crippen LogP contribution < -0.4 is 5.73 Å². The molecule has 1 aliphatic heterocycles. The summed E-state index contributed by atoms with van der Waals surface area (Å²) in [5.74, 6) is 1.45. The number of carbonyl (C=O) groups excluding carboxylic acids is 1. The number of piperidine rings is 1. The van der Waals surface area contributed by atoms with Crippen LogP contribution in [-0.4, -0.2) is 29.9 Å². The molecule has 1 amide bonds. The number of fused-ring (bicyclic) bond motifs is 1. The molecule has 3 nitrogen and oxygen atoms in total. The van der Waals surface area contributed by atoms with Gasteiger partial charge in [0, 0.05) is 26.1 Å². The minimum Gasteiger partial charge on any atom is -0.342 e. The zero-order valence-electron chi connectivity index (χ0n) is 6.08. The zero-order valence-corrected chi connectivity index (χ0v) is 6.08.